The average molecular weight is 225 g/mol. The number of ether oxygens (including phenoxy) is 1. The molecular formula is C10H19NO4. The topological polar surface area (TPSA) is 75.6 Å². The van der Waals surface area contributed by atoms with E-state index in [1.54, 1.807) is 0 Å². The molecule has 0 bridgehead atoms. The third kappa shape index (κ3) is 5.93. The van der Waals surface area contributed by atoms with Gasteiger partial charge in [-0.3, -0.25) is 0 Å². The molecule has 2 N–H and O–H groups in total. The minimum Gasteiger partial charge on any atom is -0.480 e. The minimum atomic E-state index is -3.84. The standard InChI is InChI=1S/C10H19NO4/c1-6(2)7(8(12)13)11-9(14)15-10(3,4)5/h6-7H,1-5H3,(H,11,14)(H,12,13)/t7-/m0/s1/i1D3,2D3,6D,7D. The lowest BCUT2D eigenvalue weighted by Crippen LogP contribution is -2.46. The van der Waals surface area contributed by atoms with E-state index in [1.165, 1.54) is 26.1 Å². The lowest BCUT2D eigenvalue weighted by molar-refractivity contribution is -0.140. The Morgan fingerprint density at radius 2 is 2.00 bits per heavy atom. The summed E-state index contributed by atoms with van der Waals surface area (Å²) >= 11 is 0. The van der Waals surface area contributed by atoms with Gasteiger partial charge in [-0.1, -0.05) is 13.7 Å². The Bertz CT molecular complexity index is 467. The van der Waals surface area contributed by atoms with E-state index in [2.05, 4.69) is 0 Å². The third-order valence-corrected chi connectivity index (χ3v) is 1.09. The number of alkyl carbamates (subject to hydrolysis) is 1. The van der Waals surface area contributed by atoms with Crippen molar-refractivity contribution in [2.45, 2.75) is 46.1 Å². The van der Waals surface area contributed by atoms with Crippen LogP contribution in [0.3, 0.4) is 0 Å². The summed E-state index contributed by atoms with van der Waals surface area (Å²) in [5.41, 5.74) is -1.12. The molecule has 0 saturated heterocycles. The van der Waals surface area contributed by atoms with Gasteiger partial charge in [0.05, 0.1) is 1.37 Å². The summed E-state index contributed by atoms with van der Waals surface area (Å²) in [5.74, 6) is -6.15. The predicted molar refractivity (Wildman–Crippen MR) is 55.6 cm³/mol. The van der Waals surface area contributed by atoms with Crippen molar-refractivity contribution in [2.24, 2.45) is 5.89 Å². The molecule has 0 aromatic heterocycles. The van der Waals surface area contributed by atoms with Crippen LogP contribution in [0.15, 0.2) is 0 Å². The molecule has 0 aromatic rings. The van der Waals surface area contributed by atoms with Gasteiger partial charge in [-0.25, -0.2) is 9.59 Å². The van der Waals surface area contributed by atoms with Gasteiger partial charge >= 0.3 is 12.1 Å². The third-order valence-electron chi connectivity index (χ3n) is 1.09. The number of carbonyl (C=O) groups is 2. The van der Waals surface area contributed by atoms with Crippen molar-refractivity contribution in [3.63, 3.8) is 0 Å². The first kappa shape index (κ1) is 5.18. The fourth-order valence-corrected chi connectivity index (χ4v) is 0.629. The van der Waals surface area contributed by atoms with E-state index in [0.29, 0.717) is 0 Å². The van der Waals surface area contributed by atoms with Crippen molar-refractivity contribution in [1.29, 1.82) is 0 Å². The van der Waals surface area contributed by atoms with Gasteiger partial charge in [0.15, 0.2) is 0 Å². The molecule has 1 atom stereocenters. The fraction of sp³-hybridized carbons (Fsp3) is 0.800. The summed E-state index contributed by atoms with van der Waals surface area (Å²) in [4.78, 5) is 23.1. The van der Waals surface area contributed by atoms with Crippen LogP contribution < -0.4 is 5.32 Å². The molecule has 15 heavy (non-hydrogen) atoms. The highest BCUT2D eigenvalue weighted by molar-refractivity contribution is 5.80. The van der Waals surface area contributed by atoms with Crippen LogP contribution in [-0.2, 0) is 9.53 Å². The summed E-state index contributed by atoms with van der Waals surface area (Å²) in [6.45, 7) is -3.18. The maximum atomic E-state index is 11.7. The molecular weight excluding hydrogens is 198 g/mol. The van der Waals surface area contributed by atoms with Crippen LogP contribution >= 0.6 is 0 Å². The average Bonchev–Trinajstić information content (AvgIpc) is 2.20. The smallest absolute Gasteiger partial charge is 0.408 e. The molecule has 5 heteroatoms. The van der Waals surface area contributed by atoms with Crippen LogP contribution in [0.5, 0.6) is 0 Å². The molecule has 0 aliphatic carbocycles. The van der Waals surface area contributed by atoms with Gasteiger partial charge in [-0.05, 0) is 26.7 Å². The van der Waals surface area contributed by atoms with Crippen LogP contribution in [0.25, 0.3) is 0 Å². The van der Waals surface area contributed by atoms with E-state index in [9.17, 15) is 9.59 Å². The van der Waals surface area contributed by atoms with Crippen molar-refractivity contribution < 1.29 is 30.4 Å². The first-order valence-electron chi connectivity index (χ1n) is 8.04. The SMILES string of the molecule is [2H]C([2H])([2H])C([2H])(C([2H])([2H])[2H])[C@]([2H])(NC(=O)OC(C)(C)C)C(=O)O. The summed E-state index contributed by atoms with van der Waals surface area (Å²) in [6.07, 6.45) is -1.53. The number of hydrogen-bond acceptors (Lipinski definition) is 3. The Kier molecular flexibility index (Phi) is 1.73. The van der Waals surface area contributed by atoms with Gasteiger partial charge in [-0.2, -0.15) is 0 Å². The molecule has 0 aromatic carbocycles. The molecule has 0 saturated carbocycles. The highest BCUT2D eigenvalue weighted by Gasteiger charge is 2.26. The lowest BCUT2D eigenvalue weighted by Gasteiger charge is -2.23. The molecule has 0 aliphatic rings. The van der Waals surface area contributed by atoms with E-state index in [0.717, 1.165) is 0 Å². The maximum Gasteiger partial charge on any atom is 0.408 e. The van der Waals surface area contributed by atoms with E-state index in [4.69, 9.17) is 20.8 Å². The van der Waals surface area contributed by atoms with Gasteiger partial charge < -0.3 is 15.2 Å². The van der Waals surface area contributed by atoms with Gasteiger partial charge in [0, 0.05) is 9.60 Å². The zero-order valence-electron chi connectivity index (χ0n) is 16.7. The maximum absolute atomic E-state index is 11.7. The van der Waals surface area contributed by atoms with Crippen LogP contribution in [0.2, 0.25) is 0 Å². The van der Waals surface area contributed by atoms with Gasteiger partial charge in [0.2, 0.25) is 0 Å². The Morgan fingerprint density at radius 1 is 1.47 bits per heavy atom. The fourth-order valence-electron chi connectivity index (χ4n) is 0.629. The largest absolute Gasteiger partial charge is 0.480 e. The summed E-state index contributed by atoms with van der Waals surface area (Å²) < 4.78 is 63.6. The zero-order chi connectivity index (χ0) is 19.1. The van der Waals surface area contributed by atoms with Crippen molar-refractivity contribution in [2.75, 3.05) is 0 Å². The normalized spacial score (nSPS) is 25.8. The number of rotatable bonds is 3. The number of carboxylic acids is 1. The van der Waals surface area contributed by atoms with E-state index in [1.807, 2.05) is 0 Å². The second-order valence-electron chi connectivity index (χ2n) is 3.68. The van der Waals surface area contributed by atoms with Gasteiger partial charge in [0.1, 0.15) is 11.6 Å². The second-order valence-corrected chi connectivity index (χ2v) is 3.68. The number of carboxylic acid groups (broad SMARTS) is 1. The molecule has 1 amide bonds. The molecule has 88 valence electrons. The first-order chi connectivity index (χ1) is 9.79. The van der Waals surface area contributed by atoms with E-state index in [-0.39, 0.29) is 0 Å². The Morgan fingerprint density at radius 3 is 2.33 bits per heavy atom. The number of hydrogen-bond donors (Lipinski definition) is 2. The molecule has 0 unspecified atom stereocenters. The summed E-state index contributed by atoms with van der Waals surface area (Å²) in [7, 11) is 0. The van der Waals surface area contributed by atoms with Crippen LogP contribution in [0.1, 0.15) is 45.4 Å². The predicted octanol–water partition coefficient (Wildman–Crippen LogP) is 1.62. The molecule has 0 radical (unpaired) electrons. The van der Waals surface area contributed by atoms with Crippen molar-refractivity contribution >= 4 is 12.1 Å². The monoisotopic (exact) mass is 225 g/mol. The Balaban J connectivity index is 6.11. The molecule has 0 fully saturated rings. The molecule has 0 rings (SSSR count). The van der Waals surface area contributed by atoms with Crippen LogP contribution in [0.4, 0.5) is 4.79 Å². The lowest BCUT2D eigenvalue weighted by atomic mass is 10.1. The van der Waals surface area contributed by atoms with E-state index < -0.39 is 43.3 Å². The molecule has 0 spiro atoms. The first-order valence-corrected chi connectivity index (χ1v) is 4.04. The van der Waals surface area contributed by atoms with Gasteiger partial charge in [0.25, 0.3) is 0 Å². The van der Waals surface area contributed by atoms with E-state index >= 15 is 0 Å². The number of nitrogens with one attached hydrogen (secondary N) is 1. The molecule has 0 aliphatic heterocycles. The Labute approximate surface area is 101 Å². The number of carbonyl (C=O) groups excluding carboxylic acids is 1. The highest BCUT2D eigenvalue weighted by Crippen LogP contribution is 2.08. The van der Waals surface area contributed by atoms with Crippen molar-refractivity contribution in [3.05, 3.63) is 0 Å². The van der Waals surface area contributed by atoms with Gasteiger partial charge in [-0.15, -0.1) is 0 Å². The Hall–Kier alpha value is -1.26. The molecule has 0 heterocycles. The number of aliphatic carboxylic acids is 1. The summed E-state index contributed by atoms with van der Waals surface area (Å²) in [5, 5.41) is 10.6. The quantitative estimate of drug-likeness (QED) is 0.765. The summed E-state index contributed by atoms with van der Waals surface area (Å²) in [6, 6.07) is -3.70. The molecule has 5 nitrogen and oxygen atoms in total. The van der Waals surface area contributed by atoms with Crippen molar-refractivity contribution in [3.8, 4) is 0 Å². The minimum absolute atomic E-state index is 1.12. The van der Waals surface area contributed by atoms with Crippen LogP contribution in [0, 0.1) is 5.89 Å². The van der Waals surface area contributed by atoms with Crippen LogP contribution in [-0.4, -0.2) is 28.8 Å². The zero-order valence-corrected chi connectivity index (χ0v) is 8.67. The van der Waals surface area contributed by atoms with Crippen molar-refractivity contribution in [1.82, 2.24) is 5.32 Å². The second kappa shape index (κ2) is 5.00. The number of amides is 1. The highest BCUT2D eigenvalue weighted by atomic mass is 16.6.